The summed E-state index contributed by atoms with van der Waals surface area (Å²) in [5, 5.41) is 6.15. The zero-order valence-electron chi connectivity index (χ0n) is 12.9. The van der Waals surface area contributed by atoms with E-state index in [9.17, 15) is 4.79 Å². The molecule has 2 rings (SSSR count). The van der Waals surface area contributed by atoms with E-state index in [0.29, 0.717) is 6.54 Å². The summed E-state index contributed by atoms with van der Waals surface area (Å²) in [6.45, 7) is 8.95. The number of carbonyl (C=O) groups excluding carboxylic acids is 1. The average molecular weight is 291 g/mol. The van der Waals surface area contributed by atoms with Gasteiger partial charge in [-0.15, -0.1) is 0 Å². The maximum absolute atomic E-state index is 12.0. The first-order valence-corrected chi connectivity index (χ1v) is 7.65. The Hall–Kier alpha value is -1.59. The molecule has 5 heteroatoms. The van der Waals surface area contributed by atoms with E-state index in [0.717, 1.165) is 38.5 Å². The van der Waals surface area contributed by atoms with Crippen molar-refractivity contribution in [1.29, 1.82) is 0 Å². The molecule has 0 aromatic heterocycles. The van der Waals surface area contributed by atoms with E-state index < -0.39 is 0 Å². The molecular weight excluding hydrogens is 266 g/mol. The standard InChI is InChI=1S/C16H25N3O2/c1-3-17-12-13(2)16(20)18-14-4-6-15(7-5-14)19-8-10-21-11-9-19/h4-7,13,17H,3,8-12H2,1-2H3,(H,18,20). The van der Waals surface area contributed by atoms with Crippen LogP contribution in [0.4, 0.5) is 11.4 Å². The van der Waals surface area contributed by atoms with Gasteiger partial charge in [0.25, 0.3) is 0 Å². The van der Waals surface area contributed by atoms with Crippen LogP contribution in [0, 0.1) is 5.92 Å². The number of amides is 1. The van der Waals surface area contributed by atoms with Crippen molar-refractivity contribution in [2.45, 2.75) is 13.8 Å². The second-order valence-corrected chi connectivity index (χ2v) is 5.34. The van der Waals surface area contributed by atoms with Crippen molar-refractivity contribution in [3.05, 3.63) is 24.3 Å². The van der Waals surface area contributed by atoms with Crippen LogP contribution in [0.5, 0.6) is 0 Å². The number of benzene rings is 1. The lowest BCUT2D eigenvalue weighted by Gasteiger charge is -2.29. The van der Waals surface area contributed by atoms with Crippen molar-refractivity contribution in [3.63, 3.8) is 0 Å². The molecule has 1 aliphatic rings. The summed E-state index contributed by atoms with van der Waals surface area (Å²) in [6, 6.07) is 8.02. The monoisotopic (exact) mass is 291 g/mol. The van der Waals surface area contributed by atoms with E-state index >= 15 is 0 Å². The van der Waals surface area contributed by atoms with Crippen LogP contribution in [0.2, 0.25) is 0 Å². The number of carbonyl (C=O) groups is 1. The first-order valence-electron chi connectivity index (χ1n) is 7.65. The second-order valence-electron chi connectivity index (χ2n) is 5.34. The molecule has 1 amide bonds. The van der Waals surface area contributed by atoms with Crippen molar-refractivity contribution in [3.8, 4) is 0 Å². The molecule has 1 heterocycles. The highest BCUT2D eigenvalue weighted by Gasteiger charge is 2.13. The summed E-state index contributed by atoms with van der Waals surface area (Å²) in [5.41, 5.74) is 2.03. The van der Waals surface area contributed by atoms with Gasteiger partial charge in [-0.25, -0.2) is 0 Å². The Bertz CT molecular complexity index is 441. The maximum atomic E-state index is 12.0. The third kappa shape index (κ3) is 4.72. The largest absolute Gasteiger partial charge is 0.378 e. The van der Waals surface area contributed by atoms with Gasteiger partial charge in [0.05, 0.1) is 13.2 Å². The normalized spacial score (nSPS) is 16.6. The van der Waals surface area contributed by atoms with Crippen molar-refractivity contribution in [2.24, 2.45) is 5.92 Å². The molecule has 0 bridgehead atoms. The van der Waals surface area contributed by atoms with Crippen LogP contribution in [0.3, 0.4) is 0 Å². The van der Waals surface area contributed by atoms with Crippen LogP contribution in [0.1, 0.15) is 13.8 Å². The maximum Gasteiger partial charge on any atom is 0.228 e. The van der Waals surface area contributed by atoms with Crippen LogP contribution in [-0.2, 0) is 9.53 Å². The van der Waals surface area contributed by atoms with Crippen molar-refractivity contribution in [2.75, 3.05) is 49.6 Å². The number of morpholine rings is 1. The minimum Gasteiger partial charge on any atom is -0.378 e. The molecule has 0 spiro atoms. The molecule has 1 aliphatic heterocycles. The molecule has 1 atom stereocenters. The van der Waals surface area contributed by atoms with Gasteiger partial charge in [-0.3, -0.25) is 4.79 Å². The molecule has 1 saturated heterocycles. The SMILES string of the molecule is CCNCC(C)C(=O)Nc1ccc(N2CCOCC2)cc1. The molecule has 116 valence electrons. The summed E-state index contributed by atoms with van der Waals surface area (Å²) >= 11 is 0. The average Bonchev–Trinajstić information content (AvgIpc) is 2.54. The highest BCUT2D eigenvalue weighted by Crippen LogP contribution is 2.19. The summed E-state index contributed by atoms with van der Waals surface area (Å²) in [6.07, 6.45) is 0. The zero-order valence-corrected chi connectivity index (χ0v) is 12.9. The highest BCUT2D eigenvalue weighted by atomic mass is 16.5. The lowest BCUT2D eigenvalue weighted by molar-refractivity contribution is -0.119. The lowest BCUT2D eigenvalue weighted by Crippen LogP contribution is -2.36. The fourth-order valence-corrected chi connectivity index (χ4v) is 2.30. The fourth-order valence-electron chi connectivity index (χ4n) is 2.30. The number of rotatable bonds is 6. The second kappa shape index (κ2) is 8.00. The third-order valence-corrected chi connectivity index (χ3v) is 3.66. The Morgan fingerprint density at radius 1 is 1.29 bits per heavy atom. The van der Waals surface area contributed by atoms with E-state index in [1.54, 1.807) is 0 Å². The molecule has 0 aliphatic carbocycles. The Kier molecular flexibility index (Phi) is 6.02. The zero-order chi connectivity index (χ0) is 15.1. The van der Waals surface area contributed by atoms with Crippen LogP contribution in [-0.4, -0.2) is 45.3 Å². The van der Waals surface area contributed by atoms with Gasteiger partial charge in [0, 0.05) is 36.9 Å². The van der Waals surface area contributed by atoms with Gasteiger partial charge >= 0.3 is 0 Å². The van der Waals surface area contributed by atoms with E-state index in [1.165, 1.54) is 5.69 Å². The third-order valence-electron chi connectivity index (χ3n) is 3.66. The minimum absolute atomic E-state index is 0.0381. The number of ether oxygens (including phenoxy) is 1. The summed E-state index contributed by atoms with van der Waals surface area (Å²) < 4.78 is 5.35. The van der Waals surface area contributed by atoms with Crippen LogP contribution in [0.25, 0.3) is 0 Å². The Labute approximate surface area is 126 Å². The van der Waals surface area contributed by atoms with Gasteiger partial charge in [0.15, 0.2) is 0 Å². The topological polar surface area (TPSA) is 53.6 Å². The molecule has 2 N–H and O–H groups in total. The Morgan fingerprint density at radius 2 is 1.95 bits per heavy atom. The molecule has 0 radical (unpaired) electrons. The highest BCUT2D eigenvalue weighted by molar-refractivity contribution is 5.92. The summed E-state index contributed by atoms with van der Waals surface area (Å²) in [4.78, 5) is 14.3. The predicted octanol–water partition coefficient (Wildman–Crippen LogP) is 1.71. The van der Waals surface area contributed by atoms with Crippen LogP contribution in [0.15, 0.2) is 24.3 Å². The molecule has 1 aromatic rings. The van der Waals surface area contributed by atoms with Gasteiger partial charge < -0.3 is 20.3 Å². The van der Waals surface area contributed by atoms with Gasteiger partial charge in [-0.1, -0.05) is 13.8 Å². The van der Waals surface area contributed by atoms with Crippen LogP contribution < -0.4 is 15.5 Å². The Balaban J connectivity index is 1.88. The number of hydrogen-bond donors (Lipinski definition) is 2. The van der Waals surface area contributed by atoms with Crippen molar-refractivity contribution < 1.29 is 9.53 Å². The molecule has 1 aromatic carbocycles. The molecular formula is C16H25N3O2. The molecule has 5 nitrogen and oxygen atoms in total. The Morgan fingerprint density at radius 3 is 2.57 bits per heavy atom. The van der Waals surface area contributed by atoms with E-state index in [4.69, 9.17) is 4.74 Å². The smallest absolute Gasteiger partial charge is 0.228 e. The first-order chi connectivity index (χ1) is 10.2. The van der Waals surface area contributed by atoms with Gasteiger partial charge in [-0.2, -0.15) is 0 Å². The number of anilines is 2. The molecule has 1 unspecified atom stereocenters. The van der Waals surface area contributed by atoms with Gasteiger partial charge in [0.2, 0.25) is 5.91 Å². The van der Waals surface area contributed by atoms with Crippen molar-refractivity contribution in [1.82, 2.24) is 5.32 Å². The van der Waals surface area contributed by atoms with Crippen LogP contribution >= 0.6 is 0 Å². The van der Waals surface area contributed by atoms with Gasteiger partial charge in [-0.05, 0) is 30.8 Å². The van der Waals surface area contributed by atoms with E-state index in [2.05, 4.69) is 27.7 Å². The molecule has 21 heavy (non-hydrogen) atoms. The molecule has 1 fully saturated rings. The lowest BCUT2D eigenvalue weighted by atomic mass is 10.1. The predicted molar refractivity (Wildman–Crippen MR) is 85.8 cm³/mol. The number of nitrogens with zero attached hydrogens (tertiary/aromatic N) is 1. The minimum atomic E-state index is -0.0381. The number of hydrogen-bond acceptors (Lipinski definition) is 4. The van der Waals surface area contributed by atoms with Gasteiger partial charge in [0.1, 0.15) is 0 Å². The van der Waals surface area contributed by atoms with Crippen molar-refractivity contribution >= 4 is 17.3 Å². The first kappa shape index (κ1) is 15.8. The van der Waals surface area contributed by atoms with E-state index in [1.807, 2.05) is 26.0 Å². The summed E-state index contributed by atoms with van der Waals surface area (Å²) in [5.74, 6) is 0.0129. The van der Waals surface area contributed by atoms with E-state index in [-0.39, 0.29) is 11.8 Å². The quantitative estimate of drug-likeness (QED) is 0.838. The fraction of sp³-hybridized carbons (Fsp3) is 0.562. The summed E-state index contributed by atoms with van der Waals surface area (Å²) in [7, 11) is 0. The number of nitrogens with one attached hydrogen (secondary N) is 2. The molecule has 0 saturated carbocycles.